The second-order valence-electron chi connectivity index (χ2n) is 1.51. The number of hydrogen-bond acceptors (Lipinski definition) is 1. The summed E-state index contributed by atoms with van der Waals surface area (Å²) in [7, 11) is 0. The SMILES string of the molecule is I.NCCCC(F)(F)F. The highest BCUT2D eigenvalue weighted by atomic mass is 127. The zero-order valence-corrected chi connectivity index (χ0v) is 7.07. The van der Waals surface area contributed by atoms with Crippen molar-refractivity contribution in [2.75, 3.05) is 6.54 Å². The van der Waals surface area contributed by atoms with Gasteiger partial charge in [-0.15, -0.1) is 24.0 Å². The van der Waals surface area contributed by atoms with E-state index in [2.05, 4.69) is 0 Å². The fourth-order valence-electron chi connectivity index (χ4n) is 0.303. The van der Waals surface area contributed by atoms with Gasteiger partial charge in [0.25, 0.3) is 0 Å². The van der Waals surface area contributed by atoms with E-state index in [0.29, 0.717) is 0 Å². The highest BCUT2D eigenvalue weighted by Gasteiger charge is 2.25. The van der Waals surface area contributed by atoms with Crippen molar-refractivity contribution in [3.8, 4) is 0 Å². The molecule has 0 aromatic rings. The van der Waals surface area contributed by atoms with E-state index in [1.165, 1.54) is 0 Å². The summed E-state index contributed by atoms with van der Waals surface area (Å²) < 4.78 is 33.6. The number of alkyl halides is 3. The first-order chi connectivity index (χ1) is 3.56. The Morgan fingerprint density at radius 3 is 1.78 bits per heavy atom. The summed E-state index contributed by atoms with van der Waals surface area (Å²) in [6.45, 7) is 0.111. The molecule has 0 aliphatic heterocycles. The minimum absolute atomic E-state index is 0. The highest BCUT2D eigenvalue weighted by Crippen LogP contribution is 2.20. The van der Waals surface area contributed by atoms with Gasteiger partial charge >= 0.3 is 6.18 Å². The lowest BCUT2D eigenvalue weighted by molar-refractivity contribution is -0.134. The lowest BCUT2D eigenvalue weighted by Gasteiger charge is -2.02. The van der Waals surface area contributed by atoms with Crippen molar-refractivity contribution in [1.29, 1.82) is 0 Å². The summed E-state index contributed by atoms with van der Waals surface area (Å²) in [6, 6.07) is 0. The van der Waals surface area contributed by atoms with Gasteiger partial charge in [-0.2, -0.15) is 13.2 Å². The second kappa shape index (κ2) is 5.28. The van der Waals surface area contributed by atoms with Crippen molar-refractivity contribution < 1.29 is 13.2 Å². The van der Waals surface area contributed by atoms with Crippen LogP contribution < -0.4 is 5.73 Å². The summed E-state index contributed by atoms with van der Waals surface area (Å²) in [5, 5.41) is 0. The van der Waals surface area contributed by atoms with Gasteiger partial charge in [0.05, 0.1) is 0 Å². The maximum Gasteiger partial charge on any atom is 0.389 e. The molecule has 0 bridgehead atoms. The topological polar surface area (TPSA) is 26.0 Å². The predicted molar refractivity (Wildman–Crippen MR) is 39.8 cm³/mol. The third kappa shape index (κ3) is 11.9. The highest BCUT2D eigenvalue weighted by molar-refractivity contribution is 14.0. The molecule has 0 saturated carbocycles. The van der Waals surface area contributed by atoms with Gasteiger partial charge in [-0.1, -0.05) is 0 Å². The Balaban J connectivity index is 0. The van der Waals surface area contributed by atoms with Crippen LogP contribution in [0.1, 0.15) is 12.8 Å². The molecule has 0 fully saturated rings. The molecule has 0 heterocycles. The van der Waals surface area contributed by atoms with Crippen molar-refractivity contribution >= 4 is 24.0 Å². The first-order valence-corrected chi connectivity index (χ1v) is 2.33. The molecule has 0 aromatic heterocycles. The Morgan fingerprint density at radius 1 is 1.22 bits per heavy atom. The Morgan fingerprint density at radius 2 is 1.67 bits per heavy atom. The largest absolute Gasteiger partial charge is 0.389 e. The molecular formula is C4H9F3IN. The average molecular weight is 255 g/mol. The van der Waals surface area contributed by atoms with Crippen LogP contribution in [0.5, 0.6) is 0 Å². The summed E-state index contributed by atoms with van der Waals surface area (Å²) in [6.07, 6.45) is -4.76. The lowest BCUT2D eigenvalue weighted by Crippen LogP contribution is -2.10. The third-order valence-corrected chi connectivity index (χ3v) is 0.664. The van der Waals surface area contributed by atoms with Gasteiger partial charge in [-0.3, -0.25) is 0 Å². The van der Waals surface area contributed by atoms with Gasteiger partial charge in [0.1, 0.15) is 0 Å². The molecule has 0 aliphatic rings. The van der Waals surface area contributed by atoms with E-state index in [0.717, 1.165) is 0 Å². The van der Waals surface area contributed by atoms with E-state index < -0.39 is 12.6 Å². The number of rotatable bonds is 2. The van der Waals surface area contributed by atoms with Crippen LogP contribution in [-0.2, 0) is 0 Å². The van der Waals surface area contributed by atoms with Crippen molar-refractivity contribution in [2.45, 2.75) is 19.0 Å². The van der Waals surface area contributed by atoms with E-state index in [1.54, 1.807) is 0 Å². The molecule has 2 N–H and O–H groups in total. The monoisotopic (exact) mass is 255 g/mol. The minimum Gasteiger partial charge on any atom is -0.330 e. The third-order valence-electron chi connectivity index (χ3n) is 0.664. The molecule has 0 radical (unpaired) electrons. The van der Waals surface area contributed by atoms with Gasteiger partial charge in [-0.05, 0) is 13.0 Å². The van der Waals surface area contributed by atoms with Crippen molar-refractivity contribution in [2.24, 2.45) is 5.73 Å². The van der Waals surface area contributed by atoms with Crippen LogP contribution in [-0.4, -0.2) is 12.7 Å². The molecule has 0 saturated heterocycles. The Kier molecular flexibility index (Phi) is 7.15. The molecule has 0 spiro atoms. The van der Waals surface area contributed by atoms with Gasteiger partial charge < -0.3 is 5.73 Å². The van der Waals surface area contributed by atoms with E-state index in [1.807, 2.05) is 0 Å². The molecule has 58 valence electrons. The Hall–Kier alpha value is 0.480. The summed E-state index contributed by atoms with van der Waals surface area (Å²) >= 11 is 0. The number of hydrogen-bond donors (Lipinski definition) is 1. The average Bonchev–Trinajstić information content (AvgIpc) is 1.59. The molecule has 9 heavy (non-hydrogen) atoms. The van der Waals surface area contributed by atoms with Crippen LogP contribution in [0.2, 0.25) is 0 Å². The predicted octanol–water partition coefficient (Wildman–Crippen LogP) is 1.91. The van der Waals surface area contributed by atoms with E-state index in [9.17, 15) is 13.2 Å². The lowest BCUT2D eigenvalue weighted by atomic mass is 10.3. The van der Waals surface area contributed by atoms with Crippen LogP contribution in [0.15, 0.2) is 0 Å². The second-order valence-corrected chi connectivity index (χ2v) is 1.51. The van der Waals surface area contributed by atoms with E-state index in [4.69, 9.17) is 5.73 Å². The number of nitrogens with two attached hydrogens (primary N) is 1. The minimum atomic E-state index is -4.03. The van der Waals surface area contributed by atoms with Gasteiger partial charge in [0, 0.05) is 6.42 Å². The molecule has 0 aromatic carbocycles. The molecule has 1 nitrogen and oxygen atoms in total. The zero-order valence-electron chi connectivity index (χ0n) is 4.74. The summed E-state index contributed by atoms with van der Waals surface area (Å²) in [5.41, 5.74) is 4.84. The zero-order chi connectivity index (χ0) is 6.62. The van der Waals surface area contributed by atoms with Crippen molar-refractivity contribution in [1.82, 2.24) is 0 Å². The van der Waals surface area contributed by atoms with E-state index in [-0.39, 0.29) is 36.9 Å². The van der Waals surface area contributed by atoms with Crippen molar-refractivity contribution in [3.63, 3.8) is 0 Å². The Labute approximate surface area is 68.8 Å². The quantitative estimate of drug-likeness (QED) is 0.749. The maximum atomic E-state index is 11.2. The van der Waals surface area contributed by atoms with E-state index >= 15 is 0 Å². The fourth-order valence-corrected chi connectivity index (χ4v) is 0.303. The van der Waals surface area contributed by atoms with Crippen LogP contribution in [0.25, 0.3) is 0 Å². The van der Waals surface area contributed by atoms with Crippen molar-refractivity contribution in [3.05, 3.63) is 0 Å². The normalized spacial score (nSPS) is 10.7. The van der Waals surface area contributed by atoms with Gasteiger partial charge in [0.15, 0.2) is 0 Å². The molecular weight excluding hydrogens is 246 g/mol. The van der Waals surface area contributed by atoms with Crippen LogP contribution in [0.3, 0.4) is 0 Å². The standard InChI is InChI=1S/C4H8F3N.HI/c5-4(6,7)2-1-3-8;/h1-3,8H2;1H. The first kappa shape index (κ1) is 12.2. The van der Waals surface area contributed by atoms with Gasteiger partial charge in [-0.25, -0.2) is 0 Å². The van der Waals surface area contributed by atoms with Gasteiger partial charge in [0.2, 0.25) is 0 Å². The van der Waals surface area contributed by atoms with Crippen LogP contribution >= 0.6 is 24.0 Å². The fraction of sp³-hybridized carbons (Fsp3) is 1.00. The molecule has 0 amide bonds. The molecule has 0 unspecified atom stereocenters. The molecule has 5 heteroatoms. The van der Waals surface area contributed by atoms with Crippen LogP contribution in [0.4, 0.5) is 13.2 Å². The van der Waals surface area contributed by atoms with Crippen LogP contribution in [0, 0.1) is 0 Å². The number of halogens is 4. The summed E-state index contributed by atoms with van der Waals surface area (Å²) in [4.78, 5) is 0. The summed E-state index contributed by atoms with van der Waals surface area (Å²) in [5.74, 6) is 0. The maximum absolute atomic E-state index is 11.2. The smallest absolute Gasteiger partial charge is 0.330 e. The first-order valence-electron chi connectivity index (χ1n) is 2.33. The molecule has 0 rings (SSSR count). The molecule has 0 aliphatic carbocycles. The molecule has 0 atom stereocenters. The Bertz CT molecular complexity index is 63.3.